The minimum Gasteiger partial charge on any atom is -0.493 e. The van der Waals surface area contributed by atoms with Crippen molar-refractivity contribution in [2.75, 3.05) is 14.2 Å². The van der Waals surface area contributed by atoms with Crippen molar-refractivity contribution in [2.45, 2.75) is 40.2 Å². The number of ether oxygens (including phenoxy) is 3. The molecule has 0 aliphatic rings. The average molecular weight is 484 g/mol. The van der Waals surface area contributed by atoms with Crippen LogP contribution in [0.5, 0.6) is 17.2 Å². The Labute approximate surface area is 211 Å². The van der Waals surface area contributed by atoms with Crippen LogP contribution in [0.25, 0.3) is 44.5 Å². The Balaban J connectivity index is 1.63. The second-order valence-electron chi connectivity index (χ2n) is 10.6. The number of nitrogens with zero attached hydrogens (tertiary/aromatic N) is 1. The predicted molar refractivity (Wildman–Crippen MR) is 146 cm³/mol. The van der Waals surface area contributed by atoms with Gasteiger partial charge in [0.1, 0.15) is 11.4 Å². The molecular weight excluding hydrogens is 450 g/mol. The number of hydrogen-bond donors (Lipinski definition) is 2. The Bertz CT molecular complexity index is 1530. The van der Waals surface area contributed by atoms with E-state index in [0.29, 0.717) is 17.2 Å². The van der Waals surface area contributed by atoms with E-state index in [4.69, 9.17) is 19.2 Å². The number of imidazole rings is 1. The predicted octanol–water partition coefficient (Wildman–Crippen LogP) is 7.60. The molecule has 186 valence electrons. The number of rotatable bonds is 6. The molecule has 5 aromatic rings. The van der Waals surface area contributed by atoms with Gasteiger partial charge < -0.3 is 24.2 Å². The van der Waals surface area contributed by atoms with Crippen molar-refractivity contribution in [3.63, 3.8) is 0 Å². The molecule has 2 heterocycles. The Morgan fingerprint density at radius 3 is 2.11 bits per heavy atom. The van der Waals surface area contributed by atoms with Gasteiger partial charge in [0, 0.05) is 33.6 Å². The Morgan fingerprint density at radius 1 is 0.778 bits per heavy atom. The summed E-state index contributed by atoms with van der Waals surface area (Å²) in [6.07, 6.45) is 2.00. The fraction of sp³-hybridized carbons (Fsp3) is 0.300. The normalized spacial score (nSPS) is 12.3. The highest BCUT2D eigenvalue weighted by Gasteiger charge is 2.37. The second-order valence-corrected chi connectivity index (χ2v) is 10.6. The highest BCUT2D eigenvalue weighted by atomic mass is 16.5. The van der Waals surface area contributed by atoms with E-state index in [9.17, 15) is 0 Å². The van der Waals surface area contributed by atoms with Gasteiger partial charge in [0.05, 0.1) is 25.3 Å². The number of para-hydroxylation sites is 2. The van der Waals surface area contributed by atoms with Crippen LogP contribution in [0, 0.1) is 5.41 Å². The lowest BCUT2D eigenvalue weighted by Gasteiger charge is -2.39. The standard InChI is InChI=1S/C30H33N3O3/c1-29(2,3)30(4,5)36-27-24(34-6)15-18(16-25(27)35-7)19-12-10-14-23-26(19)33-28(32-23)21-17-31-22-13-9-8-11-20(21)22/h8-17,31H,1-7H3,(H,32,33). The molecule has 0 radical (unpaired) electrons. The van der Waals surface area contributed by atoms with Crippen LogP contribution >= 0.6 is 0 Å². The Hall–Kier alpha value is -3.93. The van der Waals surface area contributed by atoms with E-state index in [1.54, 1.807) is 14.2 Å². The molecule has 2 aromatic heterocycles. The van der Waals surface area contributed by atoms with Crippen LogP contribution in [-0.4, -0.2) is 34.8 Å². The van der Waals surface area contributed by atoms with E-state index in [-0.39, 0.29) is 5.41 Å². The van der Waals surface area contributed by atoms with Crippen molar-refractivity contribution in [1.82, 2.24) is 15.0 Å². The average Bonchev–Trinajstić information content (AvgIpc) is 3.47. The number of aromatic nitrogens is 3. The summed E-state index contributed by atoms with van der Waals surface area (Å²) in [5, 5.41) is 1.13. The zero-order valence-electron chi connectivity index (χ0n) is 21.9. The van der Waals surface area contributed by atoms with Gasteiger partial charge in [-0.05, 0) is 43.7 Å². The van der Waals surface area contributed by atoms with Crippen LogP contribution in [0.3, 0.4) is 0 Å². The number of fused-ring (bicyclic) bond motifs is 2. The first-order valence-electron chi connectivity index (χ1n) is 12.1. The third kappa shape index (κ3) is 3.96. The molecule has 0 saturated heterocycles. The summed E-state index contributed by atoms with van der Waals surface area (Å²) in [5.74, 6) is 2.65. The lowest BCUT2D eigenvalue weighted by atomic mass is 9.79. The maximum absolute atomic E-state index is 6.51. The van der Waals surface area contributed by atoms with Gasteiger partial charge in [0.2, 0.25) is 5.75 Å². The van der Waals surface area contributed by atoms with Gasteiger partial charge in [-0.2, -0.15) is 0 Å². The smallest absolute Gasteiger partial charge is 0.204 e. The first-order chi connectivity index (χ1) is 17.1. The molecule has 6 heteroatoms. The molecule has 0 unspecified atom stereocenters. The molecule has 3 aromatic carbocycles. The number of H-pyrrole nitrogens is 2. The lowest BCUT2D eigenvalue weighted by molar-refractivity contribution is -0.00303. The fourth-order valence-electron chi connectivity index (χ4n) is 4.20. The molecule has 0 aliphatic carbocycles. The summed E-state index contributed by atoms with van der Waals surface area (Å²) >= 11 is 0. The molecule has 0 saturated carbocycles. The monoisotopic (exact) mass is 483 g/mol. The van der Waals surface area contributed by atoms with Crippen LogP contribution < -0.4 is 14.2 Å². The lowest BCUT2D eigenvalue weighted by Crippen LogP contribution is -2.42. The third-order valence-corrected chi connectivity index (χ3v) is 7.29. The van der Waals surface area contributed by atoms with E-state index in [1.165, 1.54) is 0 Å². The van der Waals surface area contributed by atoms with Crippen LogP contribution in [0.2, 0.25) is 0 Å². The minimum absolute atomic E-state index is 0.0961. The van der Waals surface area contributed by atoms with Gasteiger partial charge >= 0.3 is 0 Å². The minimum atomic E-state index is -0.453. The number of hydrogen-bond acceptors (Lipinski definition) is 4. The molecule has 0 amide bonds. The van der Waals surface area contributed by atoms with Crippen molar-refractivity contribution in [3.05, 3.63) is 60.8 Å². The number of nitrogens with one attached hydrogen (secondary N) is 2. The maximum atomic E-state index is 6.51. The fourth-order valence-corrected chi connectivity index (χ4v) is 4.20. The molecule has 2 N–H and O–H groups in total. The van der Waals surface area contributed by atoms with Crippen LogP contribution in [-0.2, 0) is 0 Å². The molecule has 0 atom stereocenters. The number of aromatic amines is 2. The third-order valence-electron chi connectivity index (χ3n) is 7.29. The second kappa shape index (κ2) is 8.63. The zero-order valence-corrected chi connectivity index (χ0v) is 21.9. The molecule has 5 rings (SSSR count). The highest BCUT2D eigenvalue weighted by molar-refractivity contribution is 5.98. The van der Waals surface area contributed by atoms with Gasteiger partial charge in [-0.25, -0.2) is 4.98 Å². The van der Waals surface area contributed by atoms with Crippen molar-refractivity contribution in [1.29, 1.82) is 0 Å². The summed E-state index contributed by atoms with van der Waals surface area (Å²) < 4.78 is 18.1. The SMILES string of the molecule is COc1cc(-c2cccc3[nH]c(-c4c[nH]c5ccccc45)nc23)cc(OC)c1OC(C)(C)C(C)(C)C. The summed E-state index contributed by atoms with van der Waals surface area (Å²) in [4.78, 5) is 11.9. The maximum Gasteiger partial charge on any atom is 0.204 e. The Kier molecular flexibility index (Phi) is 5.70. The van der Waals surface area contributed by atoms with Gasteiger partial charge in [-0.3, -0.25) is 0 Å². The van der Waals surface area contributed by atoms with Gasteiger partial charge in [-0.15, -0.1) is 0 Å². The zero-order chi connectivity index (χ0) is 25.7. The van der Waals surface area contributed by atoms with Crippen molar-refractivity contribution < 1.29 is 14.2 Å². The summed E-state index contributed by atoms with van der Waals surface area (Å²) in [5.41, 5.74) is 5.32. The largest absolute Gasteiger partial charge is 0.493 e. The summed E-state index contributed by atoms with van der Waals surface area (Å²) in [6, 6.07) is 18.3. The van der Waals surface area contributed by atoms with E-state index in [0.717, 1.165) is 44.5 Å². The van der Waals surface area contributed by atoms with Gasteiger partial charge in [-0.1, -0.05) is 51.1 Å². The highest BCUT2D eigenvalue weighted by Crippen LogP contribution is 2.46. The van der Waals surface area contributed by atoms with E-state index in [1.807, 2.05) is 42.6 Å². The van der Waals surface area contributed by atoms with Gasteiger partial charge in [0.15, 0.2) is 11.5 Å². The van der Waals surface area contributed by atoms with E-state index < -0.39 is 5.60 Å². The summed E-state index contributed by atoms with van der Waals surface area (Å²) in [6.45, 7) is 10.6. The number of methoxy groups -OCH3 is 2. The molecule has 0 bridgehead atoms. The first kappa shape index (κ1) is 23.8. The topological polar surface area (TPSA) is 72.2 Å². The molecule has 0 fully saturated rings. The molecule has 0 aliphatic heterocycles. The van der Waals surface area contributed by atoms with Crippen LogP contribution in [0.15, 0.2) is 60.8 Å². The molecular formula is C30H33N3O3. The van der Waals surface area contributed by atoms with Crippen LogP contribution in [0.4, 0.5) is 0 Å². The van der Waals surface area contributed by atoms with E-state index in [2.05, 4.69) is 62.8 Å². The van der Waals surface area contributed by atoms with Crippen molar-refractivity contribution >= 4 is 21.9 Å². The van der Waals surface area contributed by atoms with Crippen molar-refractivity contribution in [3.8, 4) is 39.8 Å². The number of benzene rings is 3. The molecule has 0 spiro atoms. The Morgan fingerprint density at radius 2 is 1.44 bits per heavy atom. The summed E-state index contributed by atoms with van der Waals surface area (Å²) in [7, 11) is 3.31. The quantitative estimate of drug-likeness (QED) is 0.261. The van der Waals surface area contributed by atoms with Gasteiger partial charge in [0.25, 0.3) is 0 Å². The molecule has 6 nitrogen and oxygen atoms in total. The first-order valence-corrected chi connectivity index (χ1v) is 12.1. The van der Waals surface area contributed by atoms with Crippen LogP contribution in [0.1, 0.15) is 34.6 Å². The van der Waals surface area contributed by atoms with E-state index >= 15 is 0 Å². The van der Waals surface area contributed by atoms with Crippen molar-refractivity contribution in [2.24, 2.45) is 5.41 Å². The molecule has 36 heavy (non-hydrogen) atoms.